The highest BCUT2D eigenvalue weighted by Gasteiger charge is 2.54. The van der Waals surface area contributed by atoms with Crippen LogP contribution in [0.25, 0.3) is 0 Å². The zero-order chi connectivity index (χ0) is 26.7. The van der Waals surface area contributed by atoms with Gasteiger partial charge in [0.25, 0.3) is 11.8 Å². The maximum Gasteiger partial charge on any atom is 0.257 e. The minimum absolute atomic E-state index is 0.0234. The van der Waals surface area contributed by atoms with E-state index in [9.17, 15) is 14.4 Å². The van der Waals surface area contributed by atoms with Gasteiger partial charge in [-0.25, -0.2) is 4.98 Å². The molecule has 0 aliphatic carbocycles. The van der Waals surface area contributed by atoms with Gasteiger partial charge in [0.1, 0.15) is 17.9 Å². The zero-order valence-corrected chi connectivity index (χ0v) is 21.3. The van der Waals surface area contributed by atoms with Crippen molar-refractivity contribution in [3.8, 4) is 0 Å². The molecular weight excluding hydrogens is 482 g/mol. The second-order valence-corrected chi connectivity index (χ2v) is 9.55. The van der Waals surface area contributed by atoms with Crippen molar-refractivity contribution in [3.63, 3.8) is 0 Å². The summed E-state index contributed by atoms with van der Waals surface area (Å²) in [5.41, 5.74) is 7.64. The molecule has 2 fully saturated rings. The number of anilines is 4. The van der Waals surface area contributed by atoms with Gasteiger partial charge in [-0.15, -0.1) is 0 Å². The summed E-state index contributed by atoms with van der Waals surface area (Å²) in [5.74, 6) is 0.245. The Bertz CT molecular complexity index is 1320. The lowest BCUT2D eigenvalue weighted by molar-refractivity contribution is -0.136. The first-order valence-corrected chi connectivity index (χ1v) is 12.6. The maximum absolute atomic E-state index is 13.7. The molecule has 2 aliphatic heterocycles. The third-order valence-corrected chi connectivity index (χ3v) is 7.33. The predicted octanol–water partition coefficient (Wildman–Crippen LogP) is 2.31. The average molecular weight is 514 g/mol. The van der Waals surface area contributed by atoms with Crippen LogP contribution in [0.3, 0.4) is 0 Å². The number of nitrogens with one attached hydrogen (secondary N) is 2. The van der Waals surface area contributed by atoms with Crippen molar-refractivity contribution < 1.29 is 14.4 Å². The summed E-state index contributed by atoms with van der Waals surface area (Å²) in [7, 11) is 1.57. The number of aromatic nitrogens is 1. The molecule has 4 N–H and O–H groups in total. The van der Waals surface area contributed by atoms with E-state index in [1.165, 1.54) is 0 Å². The Balaban J connectivity index is 1.29. The number of hydrogen-bond donors (Lipinski definition) is 3. The summed E-state index contributed by atoms with van der Waals surface area (Å²) in [6.07, 6.45) is 2.72. The van der Waals surface area contributed by atoms with Crippen LogP contribution in [0, 0.1) is 0 Å². The number of carbonyl (C=O) groups is 3. The van der Waals surface area contributed by atoms with Crippen LogP contribution >= 0.6 is 0 Å². The van der Waals surface area contributed by atoms with Crippen molar-refractivity contribution in [1.29, 1.82) is 0 Å². The molecule has 0 radical (unpaired) electrons. The third-order valence-electron chi connectivity index (χ3n) is 7.33. The molecule has 2 aliphatic rings. The van der Waals surface area contributed by atoms with E-state index in [1.54, 1.807) is 36.3 Å². The largest absolute Gasteiger partial charge is 0.397 e. The number of hydrogen-bond acceptors (Lipinski definition) is 7. The van der Waals surface area contributed by atoms with E-state index in [-0.39, 0.29) is 24.3 Å². The average Bonchev–Trinajstić information content (AvgIpc) is 3.21. The summed E-state index contributed by atoms with van der Waals surface area (Å²) in [5, 5.41) is 5.42. The van der Waals surface area contributed by atoms with Crippen molar-refractivity contribution in [2.45, 2.75) is 18.4 Å². The van der Waals surface area contributed by atoms with Crippen LogP contribution in [0.4, 0.5) is 22.9 Å². The lowest BCUT2D eigenvalue weighted by Crippen LogP contribution is -2.57. The van der Waals surface area contributed by atoms with Gasteiger partial charge in [0, 0.05) is 32.0 Å². The molecule has 0 saturated carbocycles. The van der Waals surface area contributed by atoms with E-state index in [0.717, 1.165) is 11.5 Å². The number of likely N-dealkylation sites (N-methyl/N-ethyl adjacent to an activating group) is 1. The number of piperidine rings is 1. The molecule has 0 bridgehead atoms. The highest BCUT2D eigenvalue weighted by Crippen LogP contribution is 2.40. The number of pyridine rings is 1. The van der Waals surface area contributed by atoms with Crippen molar-refractivity contribution in [3.05, 3.63) is 78.5 Å². The first-order valence-electron chi connectivity index (χ1n) is 12.6. The molecule has 10 heteroatoms. The summed E-state index contributed by atoms with van der Waals surface area (Å²) in [6.45, 7) is 1.62. The van der Waals surface area contributed by atoms with Crippen LogP contribution < -0.4 is 26.2 Å². The minimum atomic E-state index is -0.721. The molecule has 2 saturated heterocycles. The Morgan fingerprint density at radius 2 is 1.71 bits per heavy atom. The first-order chi connectivity index (χ1) is 18.4. The van der Waals surface area contributed by atoms with E-state index in [1.807, 2.05) is 48.5 Å². The van der Waals surface area contributed by atoms with Gasteiger partial charge in [-0.05, 0) is 49.2 Å². The normalized spacial score (nSPS) is 16.6. The van der Waals surface area contributed by atoms with Gasteiger partial charge in [-0.2, -0.15) is 0 Å². The SMILES string of the molecule is CNC(=O)CN1CN(c2ccccc2)C2(CCN(c3ccc(C(=O)Nc4ccccc4N)cn3)CC2)C1=O. The van der Waals surface area contributed by atoms with Crippen LogP contribution in [0.5, 0.6) is 0 Å². The topological polar surface area (TPSA) is 124 Å². The maximum atomic E-state index is 13.7. The number of amides is 3. The van der Waals surface area contributed by atoms with Crippen LogP contribution in [0.2, 0.25) is 0 Å². The summed E-state index contributed by atoms with van der Waals surface area (Å²) in [6, 6.07) is 20.5. The van der Waals surface area contributed by atoms with Crippen LogP contribution in [0.1, 0.15) is 23.2 Å². The van der Waals surface area contributed by atoms with Crippen molar-refractivity contribution in [1.82, 2.24) is 15.2 Å². The smallest absolute Gasteiger partial charge is 0.257 e. The molecule has 3 heterocycles. The lowest BCUT2D eigenvalue weighted by Gasteiger charge is -2.43. The number of para-hydroxylation sites is 3. The number of nitrogens with zero attached hydrogens (tertiary/aromatic N) is 4. The Morgan fingerprint density at radius 1 is 1.00 bits per heavy atom. The molecule has 3 amide bonds. The Labute approximate surface area is 221 Å². The molecule has 0 unspecified atom stereocenters. The summed E-state index contributed by atoms with van der Waals surface area (Å²) >= 11 is 0. The van der Waals surface area contributed by atoms with Crippen molar-refractivity contribution in [2.24, 2.45) is 0 Å². The Morgan fingerprint density at radius 3 is 2.37 bits per heavy atom. The molecular formula is C28H31N7O3. The monoisotopic (exact) mass is 513 g/mol. The van der Waals surface area contributed by atoms with Crippen LogP contribution in [-0.2, 0) is 9.59 Å². The third kappa shape index (κ3) is 4.72. The fourth-order valence-corrected chi connectivity index (χ4v) is 5.19. The highest BCUT2D eigenvalue weighted by molar-refractivity contribution is 6.05. The molecule has 5 rings (SSSR count). The van der Waals surface area contributed by atoms with Gasteiger partial charge in [0.05, 0.1) is 23.6 Å². The molecule has 1 spiro atoms. The van der Waals surface area contributed by atoms with Gasteiger partial charge in [0.15, 0.2) is 0 Å². The number of carbonyl (C=O) groups excluding carboxylic acids is 3. The Hall–Kier alpha value is -4.60. The van der Waals surface area contributed by atoms with Crippen LogP contribution in [-0.4, -0.2) is 66.5 Å². The second kappa shape index (κ2) is 10.4. The van der Waals surface area contributed by atoms with Crippen LogP contribution in [0.15, 0.2) is 72.9 Å². The second-order valence-electron chi connectivity index (χ2n) is 9.55. The first kappa shape index (κ1) is 25.1. The van der Waals surface area contributed by atoms with Crippen molar-refractivity contribution >= 4 is 40.6 Å². The van der Waals surface area contributed by atoms with E-state index < -0.39 is 5.54 Å². The van der Waals surface area contributed by atoms with E-state index >= 15 is 0 Å². The molecule has 0 atom stereocenters. The number of benzene rings is 2. The molecule has 10 nitrogen and oxygen atoms in total. The van der Waals surface area contributed by atoms with Gasteiger partial charge in [-0.1, -0.05) is 30.3 Å². The highest BCUT2D eigenvalue weighted by atomic mass is 16.2. The van der Waals surface area contributed by atoms with Gasteiger partial charge in [0.2, 0.25) is 5.91 Å². The quantitative estimate of drug-likeness (QED) is 0.432. The van der Waals surface area contributed by atoms with Gasteiger partial charge >= 0.3 is 0 Å². The number of nitrogens with two attached hydrogens (primary N) is 1. The van der Waals surface area contributed by atoms with Gasteiger partial charge < -0.3 is 31.1 Å². The minimum Gasteiger partial charge on any atom is -0.397 e. The fourth-order valence-electron chi connectivity index (χ4n) is 5.19. The van der Waals surface area contributed by atoms with Gasteiger partial charge in [-0.3, -0.25) is 14.4 Å². The molecule has 3 aromatic rings. The molecule has 38 heavy (non-hydrogen) atoms. The predicted molar refractivity (Wildman–Crippen MR) is 147 cm³/mol. The van der Waals surface area contributed by atoms with E-state index in [2.05, 4.69) is 25.4 Å². The summed E-state index contributed by atoms with van der Waals surface area (Å²) in [4.78, 5) is 48.8. The number of nitrogen functional groups attached to an aromatic ring is 1. The summed E-state index contributed by atoms with van der Waals surface area (Å²) < 4.78 is 0. The Kier molecular flexibility index (Phi) is 6.87. The van der Waals surface area contributed by atoms with E-state index in [0.29, 0.717) is 49.5 Å². The molecule has 196 valence electrons. The standard InChI is InChI=1S/C28H31N7O3/c1-30-25(36)18-34-19-35(21-7-3-2-4-8-21)28(27(34)38)13-15-33(16-14-28)24-12-11-20(17-31-24)26(37)32-23-10-6-5-9-22(23)29/h2-12,17H,13-16,18-19,29H2,1H3,(H,30,36)(H,32,37). The molecule has 1 aromatic heterocycles. The number of rotatable bonds is 6. The fraction of sp³-hybridized carbons (Fsp3) is 0.286. The lowest BCUT2D eigenvalue weighted by atomic mass is 9.85. The zero-order valence-electron chi connectivity index (χ0n) is 21.3. The molecule has 2 aromatic carbocycles. The van der Waals surface area contributed by atoms with Crippen molar-refractivity contribution in [2.75, 3.05) is 54.2 Å². The van der Waals surface area contributed by atoms with E-state index in [4.69, 9.17) is 5.73 Å².